The van der Waals surface area contributed by atoms with Gasteiger partial charge >= 0.3 is 6.18 Å². The second-order valence-corrected chi connectivity index (χ2v) is 11.3. The van der Waals surface area contributed by atoms with E-state index in [1.807, 2.05) is 0 Å². The molecule has 0 bridgehead atoms. The fraction of sp³-hybridized carbons (Fsp3) is 0.400. The lowest BCUT2D eigenvalue weighted by atomic mass is 9.96. The van der Waals surface area contributed by atoms with Gasteiger partial charge in [0.2, 0.25) is 5.91 Å². The van der Waals surface area contributed by atoms with Crippen molar-refractivity contribution in [2.45, 2.75) is 32.5 Å². The molecule has 0 atom stereocenters. The van der Waals surface area contributed by atoms with Crippen LogP contribution in [-0.4, -0.2) is 85.0 Å². The van der Waals surface area contributed by atoms with Gasteiger partial charge < -0.3 is 20.4 Å². The molecule has 0 saturated carbocycles. The lowest BCUT2D eigenvalue weighted by Gasteiger charge is -2.37. The predicted octanol–water partition coefficient (Wildman–Crippen LogP) is 3.61. The van der Waals surface area contributed by atoms with Crippen molar-refractivity contribution >= 4 is 29.0 Å². The van der Waals surface area contributed by atoms with Crippen LogP contribution in [0.4, 0.5) is 29.1 Å². The lowest BCUT2D eigenvalue weighted by molar-refractivity contribution is -0.141. The summed E-state index contributed by atoms with van der Waals surface area (Å²) in [5, 5.41) is 18.7. The highest BCUT2D eigenvalue weighted by Gasteiger charge is 2.38. The molecule has 0 unspecified atom stereocenters. The van der Waals surface area contributed by atoms with Crippen molar-refractivity contribution in [3.63, 3.8) is 0 Å². The van der Waals surface area contributed by atoms with Crippen LogP contribution in [0.1, 0.15) is 34.5 Å². The summed E-state index contributed by atoms with van der Waals surface area (Å²) in [4.78, 5) is 38.1. The Morgan fingerprint density at radius 1 is 1.11 bits per heavy atom. The van der Waals surface area contributed by atoms with E-state index in [0.29, 0.717) is 31.7 Å². The summed E-state index contributed by atoms with van der Waals surface area (Å²) in [5.74, 6) is -0.987. The molecule has 0 spiro atoms. The molecule has 2 aliphatic heterocycles. The maximum atomic E-state index is 15.5. The smallest absolute Gasteiger partial charge is 0.339 e. The highest BCUT2D eigenvalue weighted by atomic mass is 19.4. The number of anilines is 2. The third kappa shape index (κ3) is 5.97. The second kappa shape index (κ2) is 12.4. The van der Waals surface area contributed by atoms with Crippen LogP contribution in [0.2, 0.25) is 0 Å². The summed E-state index contributed by atoms with van der Waals surface area (Å²) < 4.78 is 59.1. The molecule has 12 nitrogen and oxygen atoms in total. The zero-order valence-electron chi connectivity index (χ0n) is 24.8. The van der Waals surface area contributed by atoms with E-state index in [4.69, 9.17) is 5.26 Å². The molecule has 240 valence electrons. The Bertz CT molecular complexity index is 1810. The van der Waals surface area contributed by atoms with Gasteiger partial charge in [-0.1, -0.05) is 0 Å². The Labute approximate surface area is 260 Å². The summed E-state index contributed by atoms with van der Waals surface area (Å²) >= 11 is 0. The van der Waals surface area contributed by atoms with Crippen LogP contribution in [0.15, 0.2) is 36.9 Å². The molecule has 16 heteroatoms. The number of rotatable bonds is 6. The van der Waals surface area contributed by atoms with Gasteiger partial charge in [0, 0.05) is 56.4 Å². The standard InChI is InChI=1S/C30H30F4N10O2/c1-18-14-20(15-22(31)24(18)29(46)42-12-10-41(11-13-42)28(45)19-2-5-36-6-3-19)39-26-27-38-16-23(44(27)9-7-37-26)21-17-43(8-4-35)40-25(21)30(32,33)34/h7,9,14-17,19,36H,2-3,5-6,8,10-13H2,1H3,(H,37,39). The van der Waals surface area contributed by atoms with Gasteiger partial charge in [0.25, 0.3) is 5.91 Å². The molecule has 2 amide bonds. The minimum atomic E-state index is -4.78. The largest absolute Gasteiger partial charge is 0.435 e. The molecule has 46 heavy (non-hydrogen) atoms. The molecule has 2 fully saturated rings. The van der Waals surface area contributed by atoms with Gasteiger partial charge in [-0.15, -0.1) is 0 Å². The van der Waals surface area contributed by atoms with Crippen molar-refractivity contribution in [3.05, 3.63) is 59.6 Å². The number of nitrogens with zero attached hydrogens (tertiary/aromatic N) is 8. The van der Waals surface area contributed by atoms with Crippen molar-refractivity contribution in [1.29, 1.82) is 5.26 Å². The van der Waals surface area contributed by atoms with Gasteiger partial charge in [-0.3, -0.25) is 18.7 Å². The number of aryl methyl sites for hydroxylation is 1. The maximum absolute atomic E-state index is 15.5. The monoisotopic (exact) mass is 638 g/mol. The van der Waals surface area contributed by atoms with Gasteiger partial charge in [0.05, 0.1) is 29.1 Å². The van der Waals surface area contributed by atoms with Crippen molar-refractivity contribution in [1.82, 2.24) is 39.3 Å². The molecule has 4 aromatic rings. The number of halogens is 4. The van der Waals surface area contributed by atoms with E-state index < -0.39 is 23.6 Å². The van der Waals surface area contributed by atoms with E-state index in [2.05, 4.69) is 25.7 Å². The average molecular weight is 639 g/mol. The Kier molecular flexibility index (Phi) is 8.34. The van der Waals surface area contributed by atoms with Crippen LogP contribution >= 0.6 is 0 Å². The zero-order valence-corrected chi connectivity index (χ0v) is 24.8. The first kappa shape index (κ1) is 31.0. The number of hydrogen-bond acceptors (Lipinski definition) is 8. The fourth-order valence-electron chi connectivity index (χ4n) is 6.02. The molecule has 0 radical (unpaired) electrons. The van der Waals surface area contributed by atoms with Crippen molar-refractivity contribution in [2.24, 2.45) is 5.92 Å². The lowest BCUT2D eigenvalue weighted by Crippen LogP contribution is -2.53. The molecule has 2 N–H and O–H groups in total. The van der Waals surface area contributed by atoms with Crippen LogP contribution in [0, 0.1) is 30.0 Å². The highest BCUT2D eigenvalue weighted by molar-refractivity contribution is 5.97. The number of alkyl halides is 3. The highest BCUT2D eigenvalue weighted by Crippen LogP contribution is 2.37. The molecule has 2 aliphatic rings. The minimum absolute atomic E-state index is 0.0112. The maximum Gasteiger partial charge on any atom is 0.435 e. The summed E-state index contributed by atoms with van der Waals surface area (Å²) in [7, 11) is 0. The average Bonchev–Trinajstić information content (AvgIpc) is 3.66. The van der Waals surface area contributed by atoms with Crippen molar-refractivity contribution in [3.8, 4) is 17.3 Å². The first-order valence-electron chi connectivity index (χ1n) is 14.7. The number of aromatic nitrogens is 5. The van der Waals surface area contributed by atoms with Gasteiger partial charge in [-0.25, -0.2) is 14.4 Å². The summed E-state index contributed by atoms with van der Waals surface area (Å²) in [6.07, 6.45) is 1.95. The number of benzene rings is 1. The Balaban J connectivity index is 1.20. The third-order valence-electron chi connectivity index (χ3n) is 8.30. The third-order valence-corrected chi connectivity index (χ3v) is 8.30. The summed E-state index contributed by atoms with van der Waals surface area (Å²) in [6.45, 7) is 4.24. The van der Waals surface area contributed by atoms with E-state index in [0.717, 1.165) is 42.9 Å². The van der Waals surface area contributed by atoms with Crippen molar-refractivity contribution in [2.75, 3.05) is 44.6 Å². The summed E-state index contributed by atoms with van der Waals surface area (Å²) in [5.41, 5.74) is -0.654. The van der Waals surface area contributed by atoms with Crippen LogP contribution in [0.3, 0.4) is 0 Å². The number of nitrogens with one attached hydrogen (secondary N) is 2. The number of amides is 2. The van der Waals surface area contributed by atoms with Crippen LogP contribution in [0.5, 0.6) is 0 Å². The number of imidazole rings is 1. The van der Waals surface area contributed by atoms with E-state index in [1.165, 1.54) is 23.0 Å². The molecule has 3 aromatic heterocycles. The van der Waals surface area contributed by atoms with Gasteiger partial charge in [-0.2, -0.15) is 23.5 Å². The topological polar surface area (TPSA) is 136 Å². The first-order valence-corrected chi connectivity index (χ1v) is 14.7. The molecular weight excluding hydrogens is 608 g/mol. The molecule has 1 aromatic carbocycles. The number of nitriles is 1. The van der Waals surface area contributed by atoms with Crippen LogP contribution in [-0.2, 0) is 17.5 Å². The van der Waals surface area contributed by atoms with Crippen LogP contribution in [0.25, 0.3) is 16.9 Å². The van der Waals surface area contributed by atoms with Gasteiger partial charge in [0.15, 0.2) is 17.2 Å². The first-order chi connectivity index (χ1) is 22.0. The zero-order chi connectivity index (χ0) is 32.6. The molecular formula is C30H30F4N10O2. The fourth-order valence-corrected chi connectivity index (χ4v) is 6.02. The predicted molar refractivity (Wildman–Crippen MR) is 157 cm³/mol. The SMILES string of the molecule is Cc1cc(Nc2nccn3c(-c4cn(CC#N)nc4C(F)(F)F)cnc23)cc(F)c1C(=O)N1CCN(C(=O)C2CCNCC2)CC1. The number of fused-ring (bicyclic) bond motifs is 1. The Morgan fingerprint density at radius 3 is 2.50 bits per heavy atom. The van der Waals surface area contributed by atoms with Gasteiger partial charge in [0.1, 0.15) is 12.4 Å². The van der Waals surface area contributed by atoms with E-state index >= 15 is 4.39 Å². The second-order valence-electron chi connectivity index (χ2n) is 11.3. The normalized spacial score (nSPS) is 16.1. The van der Waals surface area contributed by atoms with E-state index in [1.54, 1.807) is 28.9 Å². The number of hydrogen-bond donors (Lipinski definition) is 2. The number of carbonyl (C=O) groups is 2. The molecule has 6 rings (SSSR count). The number of piperazine rings is 1. The van der Waals surface area contributed by atoms with E-state index in [9.17, 15) is 22.8 Å². The van der Waals surface area contributed by atoms with Gasteiger partial charge in [-0.05, 0) is 50.6 Å². The van der Waals surface area contributed by atoms with Crippen LogP contribution < -0.4 is 10.6 Å². The summed E-state index contributed by atoms with van der Waals surface area (Å²) in [6, 6.07) is 4.50. The quantitative estimate of drug-likeness (QED) is 0.306. The van der Waals surface area contributed by atoms with E-state index in [-0.39, 0.29) is 52.3 Å². The van der Waals surface area contributed by atoms with Crippen molar-refractivity contribution < 1.29 is 27.2 Å². The molecule has 5 heterocycles. The molecule has 2 saturated heterocycles. The number of piperidine rings is 1. The number of carbonyl (C=O) groups excluding carboxylic acids is 2. The molecule has 0 aliphatic carbocycles. The Hall–Kier alpha value is -5.04. The Morgan fingerprint density at radius 2 is 1.83 bits per heavy atom. The minimum Gasteiger partial charge on any atom is -0.339 e.